The van der Waals surface area contributed by atoms with E-state index >= 15 is 0 Å². The molecular formula is C22H31NO5. The molecule has 6 atom stereocenters. The van der Waals surface area contributed by atoms with Gasteiger partial charge in [0.05, 0.1) is 13.2 Å². The summed E-state index contributed by atoms with van der Waals surface area (Å²) in [6, 6.07) is 0. The largest absolute Gasteiger partial charge is 0.446 e. The molecule has 1 amide bonds. The molecule has 6 heteroatoms. The second-order valence-corrected chi connectivity index (χ2v) is 9.97. The van der Waals surface area contributed by atoms with Gasteiger partial charge >= 0.3 is 6.09 Å². The lowest BCUT2D eigenvalue weighted by molar-refractivity contribution is -0.240. The van der Waals surface area contributed by atoms with Crippen LogP contribution in [-0.2, 0) is 19.0 Å². The summed E-state index contributed by atoms with van der Waals surface area (Å²) >= 11 is 0. The number of primary amides is 1. The van der Waals surface area contributed by atoms with Gasteiger partial charge in [0.25, 0.3) is 0 Å². The van der Waals surface area contributed by atoms with Crippen LogP contribution in [0.5, 0.6) is 0 Å². The summed E-state index contributed by atoms with van der Waals surface area (Å²) in [7, 11) is 0. The third-order valence-electron chi connectivity index (χ3n) is 8.98. The van der Waals surface area contributed by atoms with Gasteiger partial charge in [-0.2, -0.15) is 0 Å². The lowest BCUT2D eigenvalue weighted by Gasteiger charge is -2.57. The predicted octanol–water partition coefficient (Wildman–Crippen LogP) is 3.34. The number of nitrogens with two attached hydrogens (primary N) is 1. The van der Waals surface area contributed by atoms with Crippen LogP contribution in [0.15, 0.2) is 11.6 Å². The van der Waals surface area contributed by atoms with Crippen molar-refractivity contribution in [2.45, 2.75) is 70.7 Å². The lowest BCUT2D eigenvalue weighted by atomic mass is 9.47. The zero-order valence-corrected chi connectivity index (χ0v) is 16.9. The van der Waals surface area contributed by atoms with Gasteiger partial charge < -0.3 is 19.9 Å². The average molecular weight is 389 g/mol. The van der Waals surface area contributed by atoms with Gasteiger partial charge in [-0.05, 0) is 55.4 Å². The number of fused-ring (bicyclic) bond motifs is 6. The fourth-order valence-electron chi connectivity index (χ4n) is 7.52. The van der Waals surface area contributed by atoms with E-state index in [4.69, 9.17) is 19.9 Å². The molecule has 28 heavy (non-hydrogen) atoms. The molecule has 0 aromatic heterocycles. The molecule has 0 aromatic carbocycles. The third kappa shape index (κ3) is 2.34. The van der Waals surface area contributed by atoms with Crippen LogP contribution in [-0.4, -0.2) is 37.0 Å². The van der Waals surface area contributed by atoms with E-state index in [0.717, 1.165) is 44.1 Å². The maximum absolute atomic E-state index is 13.4. The summed E-state index contributed by atoms with van der Waals surface area (Å²) in [5.74, 6) is 0.479. The number of allylic oxidation sites excluding steroid dienone is 1. The monoisotopic (exact) mass is 389 g/mol. The van der Waals surface area contributed by atoms with Crippen LogP contribution in [0, 0.1) is 28.6 Å². The first-order valence-electron chi connectivity index (χ1n) is 10.8. The van der Waals surface area contributed by atoms with Crippen molar-refractivity contribution in [1.29, 1.82) is 0 Å². The molecule has 3 saturated carbocycles. The third-order valence-corrected chi connectivity index (χ3v) is 8.98. The smallest absolute Gasteiger partial charge is 0.404 e. The summed E-state index contributed by atoms with van der Waals surface area (Å²) in [5, 5.41) is 0. The quantitative estimate of drug-likeness (QED) is 0.743. The molecule has 5 aliphatic rings. The van der Waals surface area contributed by atoms with Crippen LogP contribution >= 0.6 is 0 Å². The van der Waals surface area contributed by atoms with Crippen LogP contribution in [0.25, 0.3) is 0 Å². The first kappa shape index (κ1) is 18.6. The summed E-state index contributed by atoms with van der Waals surface area (Å²) in [4.78, 5) is 24.5. The summed E-state index contributed by atoms with van der Waals surface area (Å²) < 4.78 is 17.6. The Morgan fingerprint density at radius 3 is 2.54 bits per heavy atom. The molecule has 1 spiro atoms. The minimum Gasteiger partial charge on any atom is -0.446 e. The van der Waals surface area contributed by atoms with Gasteiger partial charge in [-0.25, -0.2) is 4.79 Å². The normalized spacial score (nSPS) is 46.5. The highest BCUT2D eigenvalue weighted by Crippen LogP contribution is 2.68. The van der Waals surface area contributed by atoms with Crippen LogP contribution in [0.4, 0.5) is 4.79 Å². The maximum atomic E-state index is 13.4. The Morgan fingerprint density at radius 1 is 1.11 bits per heavy atom. The van der Waals surface area contributed by atoms with Gasteiger partial charge in [0.1, 0.15) is 6.10 Å². The molecule has 6 nitrogen and oxygen atoms in total. The Morgan fingerprint density at radius 2 is 1.82 bits per heavy atom. The van der Waals surface area contributed by atoms with E-state index in [9.17, 15) is 9.59 Å². The molecule has 154 valence electrons. The van der Waals surface area contributed by atoms with Gasteiger partial charge in [0, 0.05) is 24.2 Å². The number of rotatable bonds is 1. The number of hydrogen-bond donors (Lipinski definition) is 1. The van der Waals surface area contributed by atoms with Gasteiger partial charge in [-0.15, -0.1) is 0 Å². The molecule has 4 fully saturated rings. The first-order valence-corrected chi connectivity index (χ1v) is 10.8. The van der Waals surface area contributed by atoms with Crippen LogP contribution in [0.2, 0.25) is 0 Å². The van der Waals surface area contributed by atoms with Gasteiger partial charge in [0.15, 0.2) is 11.6 Å². The van der Waals surface area contributed by atoms with Crippen LogP contribution in [0.3, 0.4) is 0 Å². The van der Waals surface area contributed by atoms with E-state index in [-0.39, 0.29) is 28.6 Å². The predicted molar refractivity (Wildman–Crippen MR) is 101 cm³/mol. The number of carbonyl (C=O) groups is 2. The minimum absolute atomic E-state index is 0.00452. The van der Waals surface area contributed by atoms with Crippen molar-refractivity contribution in [3.63, 3.8) is 0 Å². The summed E-state index contributed by atoms with van der Waals surface area (Å²) in [6.45, 7) is 5.93. The Bertz CT molecular complexity index is 741. The molecule has 5 rings (SSSR count). The number of carbonyl (C=O) groups excluding carboxylic acids is 2. The highest BCUT2D eigenvalue weighted by atomic mass is 16.7. The van der Waals surface area contributed by atoms with Crippen molar-refractivity contribution < 1.29 is 23.8 Å². The van der Waals surface area contributed by atoms with Crippen molar-refractivity contribution in [3.8, 4) is 0 Å². The van der Waals surface area contributed by atoms with Crippen molar-refractivity contribution in [3.05, 3.63) is 11.6 Å². The van der Waals surface area contributed by atoms with Gasteiger partial charge in [-0.1, -0.05) is 19.4 Å². The number of ether oxygens (including phenoxy) is 3. The van der Waals surface area contributed by atoms with E-state index in [0.29, 0.717) is 31.5 Å². The Hall–Kier alpha value is -1.40. The number of hydrogen-bond acceptors (Lipinski definition) is 5. The molecule has 4 aliphatic carbocycles. The van der Waals surface area contributed by atoms with E-state index in [1.54, 1.807) is 0 Å². The van der Waals surface area contributed by atoms with Gasteiger partial charge in [-0.3, -0.25) is 4.79 Å². The Balaban J connectivity index is 1.47. The first-order chi connectivity index (χ1) is 13.3. The fourth-order valence-corrected chi connectivity index (χ4v) is 7.52. The van der Waals surface area contributed by atoms with Crippen molar-refractivity contribution in [2.24, 2.45) is 34.3 Å². The maximum Gasteiger partial charge on any atom is 0.404 e. The molecule has 1 heterocycles. The standard InChI is InChI=1S/C22H31NO5/c1-20-6-3-14(28-19(23)25)11-13(20)12-17(24)18-15(20)4-7-21(2)16(18)5-8-22(21)26-9-10-27-22/h12,14-16,18H,3-11H2,1-2H3,(H2,23,25)/t14-,15?,16?,18?,20-,21-/m0/s1. The van der Waals surface area contributed by atoms with E-state index < -0.39 is 11.9 Å². The molecule has 1 aliphatic heterocycles. The molecule has 0 bridgehead atoms. The average Bonchev–Trinajstić information content (AvgIpc) is 3.23. The minimum atomic E-state index is -0.726. The topological polar surface area (TPSA) is 87.9 Å². The zero-order valence-electron chi connectivity index (χ0n) is 16.9. The molecule has 3 unspecified atom stereocenters. The van der Waals surface area contributed by atoms with E-state index in [1.165, 1.54) is 0 Å². The molecule has 2 N–H and O–H groups in total. The Labute approximate surface area is 166 Å². The van der Waals surface area contributed by atoms with Crippen LogP contribution < -0.4 is 5.73 Å². The zero-order chi connectivity index (χ0) is 19.7. The highest BCUT2D eigenvalue weighted by molar-refractivity contribution is 5.94. The SMILES string of the molecule is C[C@]12CC[C@H](OC(N)=O)CC1=CC(=O)C1C2CC[C@@]2(C)C1CCC21OCCO1. The second-order valence-electron chi connectivity index (χ2n) is 9.97. The van der Waals surface area contributed by atoms with E-state index in [1.807, 2.05) is 6.08 Å². The van der Waals surface area contributed by atoms with Gasteiger partial charge in [0.2, 0.25) is 0 Å². The van der Waals surface area contributed by atoms with Crippen molar-refractivity contribution in [2.75, 3.05) is 13.2 Å². The molecule has 0 radical (unpaired) electrons. The van der Waals surface area contributed by atoms with E-state index in [2.05, 4.69) is 13.8 Å². The lowest BCUT2D eigenvalue weighted by Crippen LogP contribution is -2.57. The van der Waals surface area contributed by atoms with Crippen molar-refractivity contribution in [1.82, 2.24) is 0 Å². The van der Waals surface area contributed by atoms with Crippen molar-refractivity contribution >= 4 is 11.9 Å². The van der Waals surface area contributed by atoms with Crippen LogP contribution in [0.1, 0.15) is 58.8 Å². The number of amides is 1. The molecule has 0 aromatic rings. The Kier molecular flexibility index (Phi) is 4.02. The molecule has 1 saturated heterocycles. The summed E-state index contributed by atoms with van der Waals surface area (Å²) in [6.07, 6.45) is 7.28. The molecular weight excluding hydrogens is 358 g/mol. The fraction of sp³-hybridized carbons (Fsp3) is 0.818. The summed E-state index contributed by atoms with van der Waals surface area (Å²) in [5.41, 5.74) is 6.29. The second kappa shape index (κ2) is 6.05. The highest BCUT2D eigenvalue weighted by Gasteiger charge is 2.68. The number of ketones is 1.